The molecule has 0 atom stereocenters. The Bertz CT molecular complexity index is 458. The third-order valence-electron chi connectivity index (χ3n) is 4.08. The van der Waals surface area contributed by atoms with E-state index < -0.39 is 0 Å². The quantitative estimate of drug-likeness (QED) is 0.805. The van der Waals surface area contributed by atoms with Crippen LogP contribution in [0, 0.1) is 0 Å². The lowest BCUT2D eigenvalue weighted by Gasteiger charge is -2.13. The molecule has 3 nitrogen and oxygen atoms in total. The van der Waals surface area contributed by atoms with Crippen LogP contribution < -0.4 is 10.1 Å². The van der Waals surface area contributed by atoms with Crippen LogP contribution >= 0.6 is 15.9 Å². The van der Waals surface area contributed by atoms with Crippen molar-refractivity contribution >= 4 is 15.9 Å². The van der Waals surface area contributed by atoms with Crippen molar-refractivity contribution < 1.29 is 9.47 Å². The van der Waals surface area contributed by atoms with Crippen LogP contribution in [0.15, 0.2) is 16.6 Å². The number of hydrogen-bond donors (Lipinski definition) is 1. The lowest BCUT2D eigenvalue weighted by atomic mass is 10.1. The Balaban J connectivity index is 1.44. The van der Waals surface area contributed by atoms with Crippen LogP contribution in [0.25, 0.3) is 0 Å². The molecular weight excluding hydrogens is 318 g/mol. The van der Waals surface area contributed by atoms with E-state index in [1.165, 1.54) is 36.8 Å². The van der Waals surface area contributed by atoms with Gasteiger partial charge in [-0.05, 0) is 30.5 Å². The third kappa shape index (κ3) is 3.54. The molecule has 4 heteroatoms. The molecule has 1 aliphatic heterocycles. The predicted octanol–water partition coefficient (Wildman–Crippen LogP) is 3.43. The average Bonchev–Trinajstić information content (AvgIpc) is 3.08. The van der Waals surface area contributed by atoms with Crippen LogP contribution in [0.3, 0.4) is 0 Å². The van der Waals surface area contributed by atoms with Crippen LogP contribution in [0.5, 0.6) is 5.75 Å². The zero-order valence-electron chi connectivity index (χ0n) is 11.8. The van der Waals surface area contributed by atoms with E-state index in [0.29, 0.717) is 6.10 Å². The first-order valence-electron chi connectivity index (χ1n) is 7.59. The van der Waals surface area contributed by atoms with E-state index in [2.05, 4.69) is 33.4 Å². The van der Waals surface area contributed by atoms with Crippen molar-refractivity contribution in [2.75, 3.05) is 19.8 Å². The molecule has 1 aliphatic carbocycles. The summed E-state index contributed by atoms with van der Waals surface area (Å²) in [5.74, 6) is 1.08. The second kappa shape index (κ2) is 6.92. The van der Waals surface area contributed by atoms with E-state index >= 15 is 0 Å². The third-order valence-corrected chi connectivity index (χ3v) is 4.53. The molecule has 0 unspecified atom stereocenters. The zero-order chi connectivity index (χ0) is 13.8. The summed E-state index contributed by atoms with van der Waals surface area (Å²) < 4.78 is 12.7. The van der Waals surface area contributed by atoms with Crippen molar-refractivity contribution in [3.63, 3.8) is 0 Å². The zero-order valence-corrected chi connectivity index (χ0v) is 13.4. The Hall–Kier alpha value is -0.580. The molecule has 3 rings (SSSR count). The fourth-order valence-electron chi connectivity index (χ4n) is 3.05. The number of ether oxygens (including phenoxy) is 2. The maximum absolute atomic E-state index is 5.85. The van der Waals surface area contributed by atoms with Crippen LogP contribution in [0.2, 0.25) is 0 Å². The Labute approximate surface area is 129 Å². The summed E-state index contributed by atoms with van der Waals surface area (Å²) in [4.78, 5) is 0. The molecule has 1 aromatic rings. The Morgan fingerprint density at radius 2 is 2.15 bits per heavy atom. The first-order chi connectivity index (χ1) is 9.83. The van der Waals surface area contributed by atoms with Gasteiger partial charge >= 0.3 is 0 Å². The van der Waals surface area contributed by atoms with Crippen molar-refractivity contribution in [3.05, 3.63) is 27.7 Å². The van der Waals surface area contributed by atoms with Gasteiger partial charge in [-0.2, -0.15) is 0 Å². The minimum absolute atomic E-state index is 0.509. The van der Waals surface area contributed by atoms with E-state index in [9.17, 15) is 0 Å². The lowest BCUT2D eigenvalue weighted by Crippen LogP contribution is -2.22. The Morgan fingerprint density at radius 1 is 1.30 bits per heavy atom. The number of fused-ring (bicyclic) bond motifs is 1. The summed E-state index contributed by atoms with van der Waals surface area (Å²) in [6.45, 7) is 3.36. The van der Waals surface area contributed by atoms with E-state index in [4.69, 9.17) is 9.47 Å². The first-order valence-corrected chi connectivity index (χ1v) is 8.38. The number of benzene rings is 1. The SMILES string of the molecule is Brc1cc2c(c(CNCCOC3CCCC3)c1)OCC2. The van der Waals surface area contributed by atoms with Gasteiger partial charge in [0.25, 0.3) is 0 Å². The molecule has 20 heavy (non-hydrogen) atoms. The standard InChI is InChI=1S/C16H22BrNO2/c17-14-9-12-5-7-20-16(12)13(10-14)11-18-6-8-19-15-3-1-2-4-15/h9-10,15,18H,1-8,11H2. The molecule has 1 N–H and O–H groups in total. The molecule has 0 radical (unpaired) electrons. The maximum Gasteiger partial charge on any atom is 0.127 e. The monoisotopic (exact) mass is 339 g/mol. The molecule has 0 amide bonds. The van der Waals surface area contributed by atoms with Gasteiger partial charge in [-0.3, -0.25) is 0 Å². The summed E-state index contributed by atoms with van der Waals surface area (Å²) in [5, 5.41) is 3.46. The second-order valence-electron chi connectivity index (χ2n) is 5.61. The molecular formula is C16H22BrNO2. The Kier molecular flexibility index (Phi) is 4.97. The van der Waals surface area contributed by atoms with Crippen molar-refractivity contribution in [2.45, 2.75) is 44.8 Å². The molecule has 2 aliphatic rings. The molecule has 0 spiro atoms. The molecule has 0 bridgehead atoms. The van der Waals surface area contributed by atoms with Crippen molar-refractivity contribution in [1.29, 1.82) is 0 Å². The molecule has 0 saturated heterocycles. The van der Waals surface area contributed by atoms with Crippen LogP contribution in [0.4, 0.5) is 0 Å². The molecule has 110 valence electrons. The average molecular weight is 340 g/mol. The molecule has 1 fully saturated rings. The summed E-state index contributed by atoms with van der Waals surface area (Å²) in [7, 11) is 0. The number of hydrogen-bond acceptors (Lipinski definition) is 3. The van der Waals surface area contributed by atoms with Crippen LogP contribution in [-0.2, 0) is 17.7 Å². The van der Waals surface area contributed by atoms with E-state index in [1.807, 2.05) is 0 Å². The van der Waals surface area contributed by atoms with Gasteiger partial charge in [0.05, 0.1) is 19.3 Å². The normalized spacial score (nSPS) is 18.2. The van der Waals surface area contributed by atoms with Crippen LogP contribution in [-0.4, -0.2) is 25.9 Å². The first kappa shape index (κ1) is 14.4. The summed E-state index contributed by atoms with van der Waals surface area (Å²) in [6, 6.07) is 4.31. The number of rotatable bonds is 6. The fraction of sp³-hybridized carbons (Fsp3) is 0.625. The van der Waals surface area contributed by atoms with Gasteiger partial charge in [-0.15, -0.1) is 0 Å². The van der Waals surface area contributed by atoms with Gasteiger partial charge in [0, 0.05) is 29.5 Å². The summed E-state index contributed by atoms with van der Waals surface area (Å²) >= 11 is 3.58. The molecule has 1 aromatic carbocycles. The van der Waals surface area contributed by atoms with Gasteiger partial charge in [0.1, 0.15) is 5.75 Å². The van der Waals surface area contributed by atoms with Gasteiger partial charge in [-0.25, -0.2) is 0 Å². The van der Waals surface area contributed by atoms with Crippen molar-refractivity contribution in [3.8, 4) is 5.75 Å². The lowest BCUT2D eigenvalue weighted by molar-refractivity contribution is 0.0602. The molecule has 0 aromatic heterocycles. The highest BCUT2D eigenvalue weighted by Crippen LogP contribution is 2.32. The molecule has 1 saturated carbocycles. The minimum atomic E-state index is 0.509. The summed E-state index contributed by atoms with van der Waals surface area (Å²) in [6.07, 6.45) is 6.68. The van der Waals surface area contributed by atoms with Gasteiger partial charge in [0.15, 0.2) is 0 Å². The van der Waals surface area contributed by atoms with Crippen molar-refractivity contribution in [2.24, 2.45) is 0 Å². The van der Waals surface area contributed by atoms with Crippen LogP contribution in [0.1, 0.15) is 36.8 Å². The molecule has 1 heterocycles. The fourth-order valence-corrected chi connectivity index (χ4v) is 3.61. The highest BCUT2D eigenvalue weighted by molar-refractivity contribution is 9.10. The highest BCUT2D eigenvalue weighted by Gasteiger charge is 2.17. The van der Waals surface area contributed by atoms with E-state index in [-0.39, 0.29) is 0 Å². The smallest absolute Gasteiger partial charge is 0.127 e. The predicted molar refractivity (Wildman–Crippen MR) is 83.3 cm³/mol. The second-order valence-corrected chi connectivity index (χ2v) is 6.52. The van der Waals surface area contributed by atoms with Gasteiger partial charge in [0.2, 0.25) is 0 Å². The van der Waals surface area contributed by atoms with Gasteiger partial charge in [-0.1, -0.05) is 28.8 Å². The summed E-state index contributed by atoms with van der Waals surface area (Å²) in [5.41, 5.74) is 2.56. The number of halogens is 1. The topological polar surface area (TPSA) is 30.5 Å². The van der Waals surface area contributed by atoms with Crippen molar-refractivity contribution in [1.82, 2.24) is 5.32 Å². The minimum Gasteiger partial charge on any atom is -0.493 e. The maximum atomic E-state index is 5.85. The Morgan fingerprint density at radius 3 is 3.00 bits per heavy atom. The largest absolute Gasteiger partial charge is 0.493 e. The van der Waals surface area contributed by atoms with E-state index in [1.54, 1.807) is 0 Å². The number of nitrogens with one attached hydrogen (secondary N) is 1. The van der Waals surface area contributed by atoms with Gasteiger partial charge < -0.3 is 14.8 Å². The highest BCUT2D eigenvalue weighted by atomic mass is 79.9. The van der Waals surface area contributed by atoms with E-state index in [0.717, 1.165) is 42.9 Å².